The topological polar surface area (TPSA) is 71.7 Å². The monoisotopic (exact) mass is 534 g/mol. The number of halogens is 1. The maximum Gasteiger partial charge on any atom is 0.226 e. The fourth-order valence-electron chi connectivity index (χ4n) is 2.96. The molecule has 31 heavy (non-hydrogen) atoms. The lowest BCUT2D eigenvalue weighted by molar-refractivity contribution is 0.133. The molecule has 1 aromatic heterocycles. The van der Waals surface area contributed by atoms with Crippen LogP contribution in [-0.4, -0.2) is 24.1 Å². The minimum absolute atomic E-state index is 0. The highest BCUT2D eigenvalue weighted by molar-refractivity contribution is 14.0. The minimum Gasteiger partial charge on any atom is -0.444 e. The summed E-state index contributed by atoms with van der Waals surface area (Å²) < 4.78 is 11.2. The zero-order valence-electron chi connectivity index (χ0n) is 18.4. The molecular weight excluding hydrogens is 503 g/mol. The van der Waals surface area contributed by atoms with E-state index in [0.29, 0.717) is 32.2 Å². The van der Waals surface area contributed by atoms with Crippen LogP contribution in [0.1, 0.15) is 36.2 Å². The van der Waals surface area contributed by atoms with E-state index in [1.54, 1.807) is 6.26 Å². The highest BCUT2D eigenvalue weighted by Crippen LogP contribution is 2.19. The lowest BCUT2D eigenvalue weighted by atomic mass is 10.1. The molecule has 0 aliphatic carbocycles. The van der Waals surface area contributed by atoms with Crippen LogP contribution < -0.4 is 10.6 Å². The average molecular weight is 534 g/mol. The van der Waals surface area contributed by atoms with Gasteiger partial charge in [0.2, 0.25) is 5.89 Å². The molecule has 0 fully saturated rings. The normalized spacial score (nSPS) is 11.1. The first-order valence-corrected chi connectivity index (χ1v) is 10.4. The van der Waals surface area contributed by atoms with Crippen LogP contribution in [0.2, 0.25) is 0 Å². The van der Waals surface area contributed by atoms with Gasteiger partial charge in [0, 0.05) is 18.7 Å². The predicted molar refractivity (Wildman–Crippen MR) is 136 cm³/mol. The Hall–Kier alpha value is -2.39. The summed E-state index contributed by atoms with van der Waals surface area (Å²) in [5.74, 6) is 1.36. The van der Waals surface area contributed by atoms with Crippen molar-refractivity contribution in [1.29, 1.82) is 0 Å². The molecule has 3 rings (SSSR count). The van der Waals surface area contributed by atoms with Crippen LogP contribution >= 0.6 is 24.0 Å². The summed E-state index contributed by atoms with van der Waals surface area (Å²) in [5.41, 5.74) is 5.33. The van der Waals surface area contributed by atoms with Gasteiger partial charge in [0.1, 0.15) is 6.26 Å². The molecule has 7 heteroatoms. The second-order valence-electron chi connectivity index (χ2n) is 6.96. The second kappa shape index (κ2) is 13.1. The summed E-state index contributed by atoms with van der Waals surface area (Å²) in [6, 6.07) is 16.4. The number of nitrogens with one attached hydrogen (secondary N) is 2. The fourth-order valence-corrected chi connectivity index (χ4v) is 2.96. The Morgan fingerprint density at radius 2 is 1.77 bits per heavy atom. The van der Waals surface area contributed by atoms with Gasteiger partial charge in [-0.05, 0) is 44.0 Å². The molecule has 3 aromatic rings. The molecule has 0 saturated carbocycles. The number of rotatable bonds is 9. The molecule has 0 saturated heterocycles. The SMILES string of the molecule is CCNC(=NCc1ccccc1COCC)NCc1coc(-c2ccc(C)cc2)n1.I. The number of nitrogens with zero attached hydrogens (tertiary/aromatic N) is 2. The number of guanidine groups is 1. The van der Waals surface area contributed by atoms with Gasteiger partial charge >= 0.3 is 0 Å². The zero-order valence-corrected chi connectivity index (χ0v) is 20.7. The molecule has 2 N–H and O–H groups in total. The quantitative estimate of drug-likeness (QED) is 0.228. The highest BCUT2D eigenvalue weighted by Gasteiger charge is 2.08. The van der Waals surface area contributed by atoms with E-state index in [0.717, 1.165) is 34.9 Å². The molecule has 0 amide bonds. The van der Waals surface area contributed by atoms with Gasteiger partial charge in [-0.2, -0.15) is 0 Å². The lowest BCUT2D eigenvalue weighted by Crippen LogP contribution is -2.36. The fraction of sp³-hybridized carbons (Fsp3) is 0.333. The number of aromatic nitrogens is 1. The largest absolute Gasteiger partial charge is 0.444 e. The molecule has 0 aliphatic heterocycles. The maximum atomic E-state index is 5.64. The van der Waals surface area contributed by atoms with Crippen LogP contribution in [0.5, 0.6) is 0 Å². The van der Waals surface area contributed by atoms with Crippen molar-refractivity contribution in [3.05, 3.63) is 77.2 Å². The maximum absolute atomic E-state index is 5.64. The van der Waals surface area contributed by atoms with E-state index in [1.807, 2.05) is 38.1 Å². The van der Waals surface area contributed by atoms with Crippen molar-refractivity contribution < 1.29 is 9.15 Å². The van der Waals surface area contributed by atoms with Crippen LogP contribution in [-0.2, 0) is 24.4 Å². The van der Waals surface area contributed by atoms with Crippen molar-refractivity contribution in [2.45, 2.75) is 40.5 Å². The predicted octanol–water partition coefficient (Wildman–Crippen LogP) is 5.06. The molecule has 0 radical (unpaired) electrons. The van der Waals surface area contributed by atoms with Gasteiger partial charge in [-0.25, -0.2) is 9.98 Å². The molecule has 0 bridgehead atoms. The van der Waals surface area contributed by atoms with Crippen molar-refractivity contribution >= 4 is 29.9 Å². The first kappa shape index (κ1) is 24.9. The van der Waals surface area contributed by atoms with Crippen LogP contribution in [0.25, 0.3) is 11.5 Å². The minimum atomic E-state index is 0. The molecule has 0 spiro atoms. The van der Waals surface area contributed by atoms with Gasteiger partial charge in [0.15, 0.2) is 5.96 Å². The Labute approximate surface area is 201 Å². The highest BCUT2D eigenvalue weighted by atomic mass is 127. The summed E-state index contributed by atoms with van der Waals surface area (Å²) in [6.45, 7) is 9.30. The van der Waals surface area contributed by atoms with E-state index in [-0.39, 0.29) is 24.0 Å². The van der Waals surface area contributed by atoms with Crippen molar-refractivity contribution in [3.8, 4) is 11.5 Å². The third kappa shape index (κ3) is 7.66. The summed E-state index contributed by atoms with van der Waals surface area (Å²) >= 11 is 0. The van der Waals surface area contributed by atoms with Crippen molar-refractivity contribution in [2.75, 3.05) is 13.2 Å². The number of hydrogen-bond acceptors (Lipinski definition) is 4. The number of oxazole rings is 1. The standard InChI is InChI=1S/C24H30N4O2.HI/c1-4-25-24(26-14-20-8-6-7-9-21(20)16-29-5-2)27-15-22-17-30-23(28-22)19-12-10-18(3)11-13-19;/h6-13,17H,4-5,14-16H2,1-3H3,(H2,25,26,27);1H. The molecule has 1 heterocycles. The number of ether oxygens (including phenoxy) is 1. The van der Waals surface area contributed by atoms with E-state index < -0.39 is 0 Å². The van der Waals surface area contributed by atoms with E-state index >= 15 is 0 Å². The molecule has 2 aromatic carbocycles. The number of aryl methyl sites for hydroxylation is 1. The third-order valence-electron chi connectivity index (χ3n) is 4.62. The smallest absolute Gasteiger partial charge is 0.226 e. The number of aliphatic imine (C=N–C) groups is 1. The summed E-state index contributed by atoms with van der Waals surface area (Å²) in [6.07, 6.45) is 1.68. The Bertz CT molecular complexity index is 954. The van der Waals surface area contributed by atoms with Crippen molar-refractivity contribution in [2.24, 2.45) is 4.99 Å². The zero-order chi connectivity index (χ0) is 21.2. The average Bonchev–Trinajstić information content (AvgIpc) is 3.24. The van der Waals surface area contributed by atoms with E-state index in [9.17, 15) is 0 Å². The lowest BCUT2D eigenvalue weighted by Gasteiger charge is -2.11. The van der Waals surface area contributed by atoms with Gasteiger partial charge in [-0.3, -0.25) is 0 Å². The van der Waals surface area contributed by atoms with Crippen LogP contribution in [0.15, 0.2) is 64.2 Å². The van der Waals surface area contributed by atoms with E-state index in [1.165, 1.54) is 5.56 Å². The summed E-state index contributed by atoms with van der Waals surface area (Å²) in [7, 11) is 0. The first-order chi connectivity index (χ1) is 14.7. The Morgan fingerprint density at radius 1 is 1.03 bits per heavy atom. The van der Waals surface area contributed by atoms with E-state index in [4.69, 9.17) is 14.1 Å². The molecule has 0 unspecified atom stereocenters. The van der Waals surface area contributed by atoms with Gasteiger partial charge in [-0.1, -0.05) is 42.0 Å². The van der Waals surface area contributed by atoms with Crippen molar-refractivity contribution in [1.82, 2.24) is 15.6 Å². The summed E-state index contributed by atoms with van der Waals surface area (Å²) in [4.78, 5) is 9.30. The van der Waals surface area contributed by atoms with Crippen LogP contribution in [0, 0.1) is 6.92 Å². The Balaban J connectivity index is 0.00000341. The van der Waals surface area contributed by atoms with E-state index in [2.05, 4.69) is 46.8 Å². The van der Waals surface area contributed by atoms with Gasteiger partial charge in [-0.15, -0.1) is 24.0 Å². The third-order valence-corrected chi connectivity index (χ3v) is 4.62. The second-order valence-corrected chi connectivity index (χ2v) is 6.96. The molecule has 6 nitrogen and oxygen atoms in total. The number of hydrogen-bond donors (Lipinski definition) is 2. The van der Waals surface area contributed by atoms with Crippen LogP contribution in [0.4, 0.5) is 0 Å². The molecule has 166 valence electrons. The van der Waals surface area contributed by atoms with Crippen molar-refractivity contribution in [3.63, 3.8) is 0 Å². The van der Waals surface area contributed by atoms with Gasteiger partial charge in [0.05, 0.1) is 25.4 Å². The molecular formula is C24H31IN4O2. The Kier molecular flexibility index (Phi) is 10.5. The summed E-state index contributed by atoms with van der Waals surface area (Å²) in [5, 5.41) is 6.61. The Morgan fingerprint density at radius 3 is 2.48 bits per heavy atom. The number of benzene rings is 2. The van der Waals surface area contributed by atoms with Gasteiger partial charge in [0.25, 0.3) is 0 Å². The molecule has 0 aliphatic rings. The van der Waals surface area contributed by atoms with Crippen LogP contribution in [0.3, 0.4) is 0 Å². The first-order valence-electron chi connectivity index (χ1n) is 10.4. The van der Waals surface area contributed by atoms with Gasteiger partial charge < -0.3 is 19.8 Å². The molecule has 0 atom stereocenters.